The van der Waals surface area contributed by atoms with Gasteiger partial charge in [-0.25, -0.2) is 0 Å². The molecule has 0 aromatic heterocycles. The topological polar surface area (TPSA) is 71.3 Å². The van der Waals surface area contributed by atoms with Crippen LogP contribution < -0.4 is 14.8 Å². The van der Waals surface area contributed by atoms with Crippen LogP contribution in [0.3, 0.4) is 0 Å². The second-order valence-corrected chi connectivity index (χ2v) is 6.10. The third-order valence-corrected chi connectivity index (χ3v) is 4.01. The second-order valence-electron chi connectivity index (χ2n) is 6.10. The zero-order valence-corrected chi connectivity index (χ0v) is 14.6. The zero-order chi connectivity index (χ0) is 18.4. The summed E-state index contributed by atoms with van der Waals surface area (Å²) >= 11 is 0. The number of nitrogens with one attached hydrogen (secondary N) is 1. The molecule has 1 N–H and O–H groups in total. The number of methoxy groups -OCH3 is 1. The van der Waals surface area contributed by atoms with E-state index in [2.05, 4.69) is 5.32 Å². The Hall–Kier alpha value is -3.26. The van der Waals surface area contributed by atoms with E-state index in [0.717, 1.165) is 18.4 Å². The summed E-state index contributed by atoms with van der Waals surface area (Å²) in [6.07, 6.45) is 3.52. The van der Waals surface area contributed by atoms with Gasteiger partial charge in [-0.1, -0.05) is 36.4 Å². The van der Waals surface area contributed by atoms with Crippen molar-refractivity contribution in [1.29, 1.82) is 5.26 Å². The van der Waals surface area contributed by atoms with Crippen molar-refractivity contribution in [2.75, 3.05) is 7.11 Å². The molecule has 26 heavy (non-hydrogen) atoms. The molecule has 0 saturated heterocycles. The molecule has 0 bridgehead atoms. The molecule has 0 aliphatic heterocycles. The number of benzene rings is 2. The molecular formula is C21H20N2O3. The number of rotatable bonds is 7. The predicted octanol–water partition coefficient (Wildman–Crippen LogP) is 3.46. The maximum Gasteiger partial charge on any atom is 0.262 e. The maximum atomic E-state index is 12.1. The van der Waals surface area contributed by atoms with Crippen molar-refractivity contribution in [2.45, 2.75) is 25.5 Å². The molecule has 0 heterocycles. The summed E-state index contributed by atoms with van der Waals surface area (Å²) < 4.78 is 11.2. The van der Waals surface area contributed by atoms with Crippen molar-refractivity contribution in [2.24, 2.45) is 0 Å². The van der Waals surface area contributed by atoms with Gasteiger partial charge < -0.3 is 14.8 Å². The number of hydrogen-bond acceptors (Lipinski definition) is 4. The zero-order valence-electron chi connectivity index (χ0n) is 14.6. The lowest BCUT2D eigenvalue weighted by molar-refractivity contribution is -0.117. The van der Waals surface area contributed by atoms with Crippen LogP contribution in [0.2, 0.25) is 0 Å². The summed E-state index contributed by atoms with van der Waals surface area (Å²) in [6.45, 7) is 0.400. The van der Waals surface area contributed by atoms with Gasteiger partial charge in [-0.05, 0) is 42.2 Å². The Balaban J connectivity index is 1.78. The average Bonchev–Trinajstić information content (AvgIpc) is 3.49. The van der Waals surface area contributed by atoms with Gasteiger partial charge in [0.05, 0.1) is 7.11 Å². The van der Waals surface area contributed by atoms with E-state index >= 15 is 0 Å². The van der Waals surface area contributed by atoms with Crippen LogP contribution >= 0.6 is 0 Å². The van der Waals surface area contributed by atoms with E-state index < -0.39 is 0 Å². The molecule has 3 rings (SSSR count). The van der Waals surface area contributed by atoms with Gasteiger partial charge in [0.25, 0.3) is 5.91 Å². The summed E-state index contributed by atoms with van der Waals surface area (Å²) in [4.78, 5) is 12.1. The number of amides is 1. The number of nitrogens with zero attached hydrogens (tertiary/aromatic N) is 1. The van der Waals surface area contributed by atoms with E-state index in [4.69, 9.17) is 9.47 Å². The Bertz CT molecular complexity index is 849. The molecule has 0 unspecified atom stereocenters. The second kappa shape index (κ2) is 8.21. The lowest BCUT2D eigenvalue weighted by atomic mass is 10.1. The highest BCUT2D eigenvalue weighted by atomic mass is 16.5. The van der Waals surface area contributed by atoms with Crippen molar-refractivity contribution in [3.05, 3.63) is 65.2 Å². The third-order valence-electron chi connectivity index (χ3n) is 4.01. The van der Waals surface area contributed by atoms with Crippen LogP contribution in [0, 0.1) is 11.3 Å². The van der Waals surface area contributed by atoms with Gasteiger partial charge in [0.2, 0.25) is 0 Å². The minimum Gasteiger partial charge on any atom is -0.493 e. The fourth-order valence-electron chi connectivity index (χ4n) is 2.44. The largest absolute Gasteiger partial charge is 0.493 e. The smallest absolute Gasteiger partial charge is 0.262 e. The van der Waals surface area contributed by atoms with Gasteiger partial charge in [-0.2, -0.15) is 5.26 Å². The number of ether oxygens (including phenoxy) is 2. The van der Waals surface area contributed by atoms with Crippen LogP contribution in [0.15, 0.2) is 54.1 Å². The molecule has 1 aliphatic carbocycles. The first-order valence-corrected chi connectivity index (χ1v) is 8.47. The summed E-state index contributed by atoms with van der Waals surface area (Å²) in [5, 5.41) is 12.1. The van der Waals surface area contributed by atoms with Crippen LogP contribution in [-0.4, -0.2) is 19.1 Å². The Morgan fingerprint density at radius 2 is 2.00 bits per heavy atom. The first-order valence-electron chi connectivity index (χ1n) is 8.47. The first-order chi connectivity index (χ1) is 12.7. The fraction of sp³-hybridized carbons (Fsp3) is 0.238. The van der Waals surface area contributed by atoms with Crippen molar-refractivity contribution in [1.82, 2.24) is 5.32 Å². The van der Waals surface area contributed by atoms with Gasteiger partial charge in [0.1, 0.15) is 18.2 Å². The number of hydrogen-bond donors (Lipinski definition) is 1. The standard InChI is InChI=1S/C21H20N2O3/c1-25-19-10-7-16(11-17(13-22)21(24)23-18-8-9-18)12-20(19)26-14-15-5-3-2-4-6-15/h2-7,10-12,18H,8-9,14H2,1H3,(H,23,24). The van der Waals surface area contributed by atoms with Crippen LogP contribution in [0.25, 0.3) is 6.08 Å². The van der Waals surface area contributed by atoms with E-state index in [0.29, 0.717) is 23.7 Å². The molecule has 1 saturated carbocycles. The summed E-state index contributed by atoms with van der Waals surface area (Å²) in [7, 11) is 1.57. The van der Waals surface area contributed by atoms with Gasteiger partial charge in [-0.3, -0.25) is 4.79 Å². The molecule has 1 fully saturated rings. The quantitative estimate of drug-likeness (QED) is 0.614. The summed E-state index contributed by atoms with van der Waals surface area (Å²) in [6, 6.07) is 17.3. The van der Waals surface area contributed by atoms with Gasteiger partial charge >= 0.3 is 0 Å². The van der Waals surface area contributed by atoms with E-state index in [1.165, 1.54) is 0 Å². The van der Waals surface area contributed by atoms with E-state index in [9.17, 15) is 10.1 Å². The molecule has 1 amide bonds. The van der Waals surface area contributed by atoms with Crippen LogP contribution in [0.5, 0.6) is 11.5 Å². The minimum absolute atomic E-state index is 0.0797. The predicted molar refractivity (Wildman–Crippen MR) is 98.5 cm³/mol. The van der Waals surface area contributed by atoms with Gasteiger partial charge in [0, 0.05) is 6.04 Å². The van der Waals surface area contributed by atoms with Crippen molar-refractivity contribution < 1.29 is 14.3 Å². The molecule has 2 aromatic rings. The SMILES string of the molecule is COc1ccc(C=C(C#N)C(=O)NC2CC2)cc1OCc1ccccc1. The third kappa shape index (κ3) is 4.64. The highest BCUT2D eigenvalue weighted by Gasteiger charge is 2.24. The van der Waals surface area contributed by atoms with Crippen molar-refractivity contribution in [3.8, 4) is 17.6 Å². The number of nitriles is 1. The minimum atomic E-state index is -0.336. The van der Waals surface area contributed by atoms with E-state index in [1.54, 1.807) is 31.4 Å². The van der Waals surface area contributed by atoms with E-state index in [1.807, 2.05) is 36.4 Å². The molecule has 2 aromatic carbocycles. The monoisotopic (exact) mass is 348 g/mol. The highest BCUT2D eigenvalue weighted by molar-refractivity contribution is 6.02. The lowest BCUT2D eigenvalue weighted by Gasteiger charge is -2.12. The average molecular weight is 348 g/mol. The number of carbonyl (C=O) groups is 1. The van der Waals surface area contributed by atoms with Gasteiger partial charge in [-0.15, -0.1) is 0 Å². The van der Waals surface area contributed by atoms with Crippen LogP contribution in [-0.2, 0) is 11.4 Å². The Kier molecular flexibility index (Phi) is 5.55. The fourth-order valence-corrected chi connectivity index (χ4v) is 2.44. The van der Waals surface area contributed by atoms with E-state index in [-0.39, 0.29) is 17.5 Å². The highest BCUT2D eigenvalue weighted by Crippen LogP contribution is 2.30. The molecule has 0 spiro atoms. The lowest BCUT2D eigenvalue weighted by Crippen LogP contribution is -2.26. The number of carbonyl (C=O) groups excluding carboxylic acids is 1. The molecular weight excluding hydrogens is 328 g/mol. The normalized spacial score (nSPS) is 13.6. The van der Waals surface area contributed by atoms with Crippen molar-refractivity contribution >= 4 is 12.0 Å². The molecule has 132 valence electrons. The molecule has 5 nitrogen and oxygen atoms in total. The summed E-state index contributed by atoms with van der Waals surface area (Å²) in [5.74, 6) is 0.821. The summed E-state index contributed by atoms with van der Waals surface area (Å²) in [5.41, 5.74) is 1.82. The van der Waals surface area contributed by atoms with Gasteiger partial charge in [0.15, 0.2) is 11.5 Å². The molecule has 0 atom stereocenters. The Labute approximate surface area is 152 Å². The van der Waals surface area contributed by atoms with Crippen LogP contribution in [0.4, 0.5) is 0 Å². The Morgan fingerprint density at radius 1 is 1.23 bits per heavy atom. The van der Waals surface area contributed by atoms with Crippen LogP contribution in [0.1, 0.15) is 24.0 Å². The van der Waals surface area contributed by atoms with Crippen molar-refractivity contribution in [3.63, 3.8) is 0 Å². The molecule has 1 aliphatic rings. The first kappa shape index (κ1) is 17.6. The molecule has 0 radical (unpaired) electrons. The molecule has 5 heteroatoms. The maximum absolute atomic E-state index is 12.1. The Morgan fingerprint density at radius 3 is 2.65 bits per heavy atom.